The predicted octanol–water partition coefficient (Wildman–Crippen LogP) is 2.28. The highest BCUT2D eigenvalue weighted by atomic mass is 16.7. The molecule has 1 aliphatic heterocycles. The van der Waals surface area contributed by atoms with Crippen LogP contribution in [0.2, 0.25) is 0 Å². The second kappa shape index (κ2) is 5.39. The van der Waals surface area contributed by atoms with Crippen LogP contribution in [0, 0.1) is 6.92 Å². The van der Waals surface area contributed by atoms with Gasteiger partial charge in [-0.25, -0.2) is 0 Å². The molecule has 0 spiro atoms. The average molecular weight is 278 g/mol. The van der Waals surface area contributed by atoms with Gasteiger partial charge in [-0.3, -0.25) is 0 Å². The molecule has 1 fully saturated rings. The van der Waals surface area contributed by atoms with Crippen molar-refractivity contribution in [3.63, 3.8) is 0 Å². The summed E-state index contributed by atoms with van der Waals surface area (Å²) in [4.78, 5) is 0. The summed E-state index contributed by atoms with van der Waals surface area (Å²) in [5.41, 5.74) is 1.47. The Morgan fingerprint density at radius 2 is 1.70 bits per heavy atom. The summed E-state index contributed by atoms with van der Waals surface area (Å²) in [6.45, 7) is 10.5. The Hall–Kier alpha value is -1.04. The molecule has 0 aromatic heterocycles. The van der Waals surface area contributed by atoms with Crippen LogP contribution in [0.25, 0.3) is 0 Å². The summed E-state index contributed by atoms with van der Waals surface area (Å²) in [5.74, 6) is 0.782. The van der Waals surface area contributed by atoms with Crippen LogP contribution in [0.5, 0.6) is 5.75 Å². The fraction of sp³-hybridized carbons (Fsp3) is 0.600. The lowest BCUT2D eigenvalue weighted by atomic mass is 9.76. The Bertz CT molecular complexity index is 469. The molecule has 1 aromatic rings. The molecule has 1 aliphatic rings. The van der Waals surface area contributed by atoms with Gasteiger partial charge in [0.2, 0.25) is 0 Å². The first-order valence-corrected chi connectivity index (χ1v) is 6.85. The van der Waals surface area contributed by atoms with E-state index in [4.69, 9.17) is 18.8 Å². The van der Waals surface area contributed by atoms with E-state index in [-0.39, 0.29) is 25.1 Å². The highest BCUT2D eigenvalue weighted by molar-refractivity contribution is 6.62. The summed E-state index contributed by atoms with van der Waals surface area (Å²) in [7, 11) is 1.27. The van der Waals surface area contributed by atoms with Crippen molar-refractivity contribution < 1.29 is 18.8 Å². The smallest absolute Gasteiger partial charge is 0.468 e. The Morgan fingerprint density at radius 1 is 1.10 bits per heavy atom. The summed E-state index contributed by atoms with van der Waals surface area (Å²) in [6.07, 6.45) is 0. The van der Waals surface area contributed by atoms with Crippen LogP contribution >= 0.6 is 0 Å². The third-order valence-corrected chi connectivity index (χ3v) is 4.09. The summed E-state index contributed by atoms with van der Waals surface area (Å²) in [6, 6.07) is 5.87. The van der Waals surface area contributed by atoms with Crippen molar-refractivity contribution >= 4 is 12.6 Å². The number of hydrogen-bond donors (Lipinski definition) is 0. The van der Waals surface area contributed by atoms with Crippen molar-refractivity contribution in [3.8, 4) is 5.75 Å². The standard InChI is InChI=1S/C15H23BO4/c1-11-9-12(18-10-17-6)7-8-13(11)16-19-14(2,3)15(4,5)20-16/h7-9H,10H2,1-6H3. The zero-order valence-corrected chi connectivity index (χ0v) is 13.1. The van der Waals surface area contributed by atoms with Crippen molar-refractivity contribution in [3.05, 3.63) is 23.8 Å². The minimum atomic E-state index is -0.337. The zero-order valence-electron chi connectivity index (χ0n) is 13.1. The third kappa shape index (κ3) is 2.85. The largest absolute Gasteiger partial charge is 0.495 e. The first-order valence-electron chi connectivity index (χ1n) is 6.85. The Morgan fingerprint density at radius 3 is 2.20 bits per heavy atom. The molecular weight excluding hydrogens is 255 g/mol. The van der Waals surface area contributed by atoms with Gasteiger partial charge in [-0.1, -0.05) is 6.07 Å². The van der Waals surface area contributed by atoms with E-state index in [0.29, 0.717) is 0 Å². The molecule has 0 N–H and O–H groups in total. The molecule has 0 atom stereocenters. The maximum atomic E-state index is 6.06. The van der Waals surface area contributed by atoms with Gasteiger partial charge in [0.15, 0.2) is 6.79 Å². The minimum Gasteiger partial charge on any atom is -0.468 e. The van der Waals surface area contributed by atoms with Gasteiger partial charge in [0, 0.05) is 7.11 Å². The number of ether oxygens (including phenoxy) is 2. The lowest BCUT2D eigenvalue weighted by molar-refractivity contribution is 0.00578. The molecule has 1 saturated heterocycles. The van der Waals surface area contributed by atoms with Crippen LogP contribution in [0.15, 0.2) is 18.2 Å². The monoisotopic (exact) mass is 278 g/mol. The predicted molar refractivity (Wildman–Crippen MR) is 79.4 cm³/mol. The van der Waals surface area contributed by atoms with Crippen molar-refractivity contribution in [1.29, 1.82) is 0 Å². The van der Waals surface area contributed by atoms with Crippen molar-refractivity contribution in [1.82, 2.24) is 0 Å². The van der Waals surface area contributed by atoms with E-state index in [1.807, 2.05) is 25.1 Å². The molecule has 20 heavy (non-hydrogen) atoms. The first-order chi connectivity index (χ1) is 9.27. The Labute approximate surface area is 121 Å². The van der Waals surface area contributed by atoms with Gasteiger partial charge >= 0.3 is 7.12 Å². The zero-order chi connectivity index (χ0) is 15.0. The van der Waals surface area contributed by atoms with Gasteiger partial charge in [-0.05, 0) is 57.8 Å². The van der Waals surface area contributed by atoms with Crippen LogP contribution in [0.4, 0.5) is 0 Å². The highest BCUT2D eigenvalue weighted by Crippen LogP contribution is 2.36. The Balaban J connectivity index is 2.19. The second-order valence-corrected chi connectivity index (χ2v) is 6.16. The maximum Gasteiger partial charge on any atom is 0.495 e. The summed E-state index contributed by atoms with van der Waals surface area (Å²) in [5, 5.41) is 0. The SMILES string of the molecule is COCOc1ccc(B2OC(C)(C)C(C)(C)O2)c(C)c1. The van der Waals surface area contributed by atoms with E-state index in [2.05, 4.69) is 27.7 Å². The van der Waals surface area contributed by atoms with Gasteiger partial charge in [0.1, 0.15) is 5.75 Å². The third-order valence-electron chi connectivity index (χ3n) is 4.09. The topological polar surface area (TPSA) is 36.9 Å². The molecule has 1 aromatic carbocycles. The molecule has 0 radical (unpaired) electrons. The van der Waals surface area contributed by atoms with E-state index >= 15 is 0 Å². The average Bonchev–Trinajstić information content (AvgIpc) is 2.55. The lowest BCUT2D eigenvalue weighted by Gasteiger charge is -2.32. The van der Waals surface area contributed by atoms with Gasteiger partial charge in [0.05, 0.1) is 11.2 Å². The molecule has 5 heteroatoms. The fourth-order valence-electron chi connectivity index (χ4n) is 2.10. The van der Waals surface area contributed by atoms with Gasteiger partial charge < -0.3 is 18.8 Å². The van der Waals surface area contributed by atoms with Crippen molar-refractivity contribution in [2.45, 2.75) is 45.8 Å². The molecule has 4 nitrogen and oxygen atoms in total. The van der Waals surface area contributed by atoms with Crippen LogP contribution in [0.3, 0.4) is 0 Å². The van der Waals surface area contributed by atoms with E-state index in [1.54, 1.807) is 7.11 Å². The number of aryl methyl sites for hydroxylation is 1. The van der Waals surface area contributed by atoms with Crippen LogP contribution in [-0.2, 0) is 14.0 Å². The quantitative estimate of drug-likeness (QED) is 0.625. The normalized spacial score (nSPS) is 20.2. The number of benzene rings is 1. The molecular formula is C15H23BO4. The van der Waals surface area contributed by atoms with E-state index in [9.17, 15) is 0 Å². The molecule has 0 saturated carbocycles. The van der Waals surface area contributed by atoms with Crippen LogP contribution in [-0.4, -0.2) is 32.2 Å². The molecule has 0 aliphatic carbocycles. The number of rotatable bonds is 4. The van der Waals surface area contributed by atoms with Crippen LogP contribution in [0.1, 0.15) is 33.3 Å². The van der Waals surface area contributed by atoms with E-state index in [0.717, 1.165) is 16.8 Å². The van der Waals surface area contributed by atoms with E-state index < -0.39 is 0 Å². The maximum absolute atomic E-state index is 6.06. The number of methoxy groups -OCH3 is 1. The highest BCUT2D eigenvalue weighted by Gasteiger charge is 2.52. The van der Waals surface area contributed by atoms with Crippen LogP contribution < -0.4 is 10.2 Å². The van der Waals surface area contributed by atoms with Crippen molar-refractivity contribution in [2.75, 3.05) is 13.9 Å². The molecule has 0 bridgehead atoms. The number of hydrogen-bond acceptors (Lipinski definition) is 4. The van der Waals surface area contributed by atoms with Gasteiger partial charge in [-0.15, -0.1) is 0 Å². The molecule has 0 amide bonds. The summed E-state index contributed by atoms with van der Waals surface area (Å²) < 4.78 is 22.5. The Kier molecular flexibility index (Phi) is 4.14. The van der Waals surface area contributed by atoms with E-state index in [1.165, 1.54) is 0 Å². The second-order valence-electron chi connectivity index (χ2n) is 6.16. The lowest BCUT2D eigenvalue weighted by Crippen LogP contribution is -2.41. The first kappa shape index (κ1) is 15.4. The fourth-order valence-corrected chi connectivity index (χ4v) is 2.10. The molecule has 110 valence electrons. The molecule has 1 heterocycles. The molecule has 0 unspecified atom stereocenters. The summed E-state index contributed by atoms with van der Waals surface area (Å²) >= 11 is 0. The van der Waals surface area contributed by atoms with Crippen molar-refractivity contribution in [2.24, 2.45) is 0 Å². The van der Waals surface area contributed by atoms with Gasteiger partial charge in [-0.2, -0.15) is 0 Å². The minimum absolute atomic E-state index is 0.245. The molecule has 2 rings (SSSR count). The van der Waals surface area contributed by atoms with Gasteiger partial charge in [0.25, 0.3) is 0 Å².